The first-order valence-corrected chi connectivity index (χ1v) is 12.4. The first-order chi connectivity index (χ1) is 16.0. The number of benzene rings is 2. The molecule has 1 aliphatic heterocycles. The molecule has 0 radical (unpaired) electrons. The molecule has 2 aromatic carbocycles. The summed E-state index contributed by atoms with van der Waals surface area (Å²) in [5, 5.41) is 3.09. The SMILES string of the molecule is Cc1nc(CSc2ccc(C(=O)OCC(=O)N3CCN(c4ccccc4F)CC3)cc2)cs1. The van der Waals surface area contributed by atoms with Crippen molar-refractivity contribution in [2.45, 2.75) is 17.6 Å². The predicted molar refractivity (Wildman–Crippen MR) is 128 cm³/mol. The van der Waals surface area contributed by atoms with Crippen LogP contribution < -0.4 is 4.90 Å². The second-order valence-corrected chi connectivity index (χ2v) is 9.68. The number of carbonyl (C=O) groups excluding carboxylic acids is 2. The third kappa shape index (κ3) is 6.11. The van der Waals surface area contributed by atoms with Crippen LogP contribution in [0.3, 0.4) is 0 Å². The highest BCUT2D eigenvalue weighted by molar-refractivity contribution is 7.98. The molecule has 0 atom stereocenters. The summed E-state index contributed by atoms with van der Waals surface area (Å²) in [6, 6.07) is 13.8. The van der Waals surface area contributed by atoms with E-state index in [2.05, 4.69) is 4.98 Å². The number of halogens is 1. The number of esters is 1. The number of thiazole rings is 1. The van der Waals surface area contributed by atoms with Gasteiger partial charge in [-0.25, -0.2) is 14.2 Å². The summed E-state index contributed by atoms with van der Waals surface area (Å²) in [6.07, 6.45) is 0. The standard InChI is InChI=1S/C24H24FN3O3S2/c1-17-26-19(15-32-17)16-33-20-8-6-18(7-9-20)24(30)31-14-23(29)28-12-10-27(11-13-28)22-5-3-2-4-21(22)25/h2-9,15H,10-14,16H2,1H3. The van der Waals surface area contributed by atoms with Crippen LogP contribution in [-0.4, -0.2) is 54.5 Å². The van der Waals surface area contributed by atoms with Gasteiger partial charge < -0.3 is 14.5 Å². The maximum absolute atomic E-state index is 14.0. The van der Waals surface area contributed by atoms with E-state index in [1.54, 1.807) is 58.3 Å². The lowest BCUT2D eigenvalue weighted by Gasteiger charge is -2.36. The van der Waals surface area contributed by atoms with Crippen LogP contribution in [0.5, 0.6) is 0 Å². The lowest BCUT2D eigenvalue weighted by Crippen LogP contribution is -2.50. The Hall–Kier alpha value is -2.91. The summed E-state index contributed by atoms with van der Waals surface area (Å²) >= 11 is 3.28. The fourth-order valence-electron chi connectivity index (χ4n) is 3.53. The molecule has 3 aromatic rings. The summed E-state index contributed by atoms with van der Waals surface area (Å²) in [7, 11) is 0. The van der Waals surface area contributed by atoms with Crippen LogP contribution in [-0.2, 0) is 15.3 Å². The van der Waals surface area contributed by atoms with Crippen molar-refractivity contribution >= 4 is 40.7 Å². The van der Waals surface area contributed by atoms with E-state index in [-0.39, 0.29) is 18.3 Å². The Bertz CT molecular complexity index is 1110. The van der Waals surface area contributed by atoms with Crippen molar-refractivity contribution in [1.29, 1.82) is 0 Å². The van der Waals surface area contributed by atoms with Crippen LogP contribution in [0.25, 0.3) is 0 Å². The van der Waals surface area contributed by atoms with Gasteiger partial charge in [0.2, 0.25) is 0 Å². The summed E-state index contributed by atoms with van der Waals surface area (Å²) in [4.78, 5) is 33.8. The average Bonchev–Trinajstić information content (AvgIpc) is 3.27. The van der Waals surface area contributed by atoms with E-state index >= 15 is 0 Å². The van der Waals surface area contributed by atoms with Gasteiger partial charge in [0.25, 0.3) is 5.91 Å². The maximum Gasteiger partial charge on any atom is 0.338 e. The molecule has 1 fully saturated rings. The van der Waals surface area contributed by atoms with Gasteiger partial charge in [-0.2, -0.15) is 0 Å². The molecule has 0 unspecified atom stereocenters. The number of aryl methyl sites for hydroxylation is 1. The summed E-state index contributed by atoms with van der Waals surface area (Å²) in [6.45, 7) is 3.64. The van der Waals surface area contributed by atoms with E-state index in [1.807, 2.05) is 29.3 Å². The average molecular weight is 486 g/mol. The van der Waals surface area contributed by atoms with Crippen molar-refractivity contribution in [3.63, 3.8) is 0 Å². The van der Waals surface area contributed by atoms with Crippen LogP contribution in [0.4, 0.5) is 10.1 Å². The number of anilines is 1. The van der Waals surface area contributed by atoms with Gasteiger partial charge in [0.1, 0.15) is 5.82 Å². The molecule has 1 saturated heterocycles. The Labute approximate surface area is 200 Å². The number of piperazine rings is 1. The van der Waals surface area contributed by atoms with Crippen LogP contribution in [0.15, 0.2) is 58.8 Å². The zero-order valence-corrected chi connectivity index (χ0v) is 19.8. The molecule has 0 N–H and O–H groups in total. The molecule has 1 aliphatic rings. The number of hydrogen-bond acceptors (Lipinski definition) is 7. The van der Waals surface area contributed by atoms with Gasteiger partial charge in [0.15, 0.2) is 6.61 Å². The van der Waals surface area contributed by atoms with Crippen LogP contribution in [0, 0.1) is 12.7 Å². The second kappa shape index (κ2) is 10.8. The highest BCUT2D eigenvalue weighted by Gasteiger charge is 2.23. The number of rotatable bonds is 7. The van der Waals surface area contributed by atoms with Gasteiger partial charge in [0.05, 0.1) is 22.0 Å². The fraction of sp³-hybridized carbons (Fsp3) is 0.292. The third-order valence-corrected chi connectivity index (χ3v) is 7.16. The molecular weight excluding hydrogens is 461 g/mol. The zero-order chi connectivity index (χ0) is 23.2. The highest BCUT2D eigenvalue weighted by Crippen LogP contribution is 2.24. The van der Waals surface area contributed by atoms with Crippen LogP contribution >= 0.6 is 23.1 Å². The van der Waals surface area contributed by atoms with Crippen molar-refractivity contribution in [1.82, 2.24) is 9.88 Å². The van der Waals surface area contributed by atoms with Gasteiger partial charge in [-0.15, -0.1) is 23.1 Å². The first-order valence-electron chi connectivity index (χ1n) is 10.6. The van der Waals surface area contributed by atoms with Crippen molar-refractivity contribution in [3.05, 3.63) is 76.0 Å². The molecule has 1 amide bonds. The Morgan fingerprint density at radius 1 is 1.09 bits per heavy atom. The minimum atomic E-state index is -0.528. The molecule has 0 bridgehead atoms. The predicted octanol–water partition coefficient (Wildman–Crippen LogP) is 4.39. The normalized spacial score (nSPS) is 13.8. The highest BCUT2D eigenvalue weighted by atomic mass is 32.2. The van der Waals surface area contributed by atoms with E-state index in [4.69, 9.17) is 4.74 Å². The Morgan fingerprint density at radius 2 is 1.82 bits per heavy atom. The Morgan fingerprint density at radius 3 is 2.48 bits per heavy atom. The monoisotopic (exact) mass is 485 g/mol. The smallest absolute Gasteiger partial charge is 0.338 e. The molecule has 4 rings (SSSR count). The number of thioether (sulfide) groups is 1. The number of ether oxygens (including phenoxy) is 1. The number of carbonyl (C=O) groups is 2. The van der Waals surface area contributed by atoms with Gasteiger partial charge in [-0.05, 0) is 43.3 Å². The minimum Gasteiger partial charge on any atom is -0.452 e. The summed E-state index contributed by atoms with van der Waals surface area (Å²) < 4.78 is 19.2. The number of nitrogens with zero attached hydrogens (tertiary/aromatic N) is 3. The summed E-state index contributed by atoms with van der Waals surface area (Å²) in [5.41, 5.74) is 1.99. The molecular formula is C24H24FN3O3S2. The molecule has 172 valence electrons. The largest absolute Gasteiger partial charge is 0.452 e. The van der Waals surface area contributed by atoms with Gasteiger partial charge in [0, 0.05) is 42.2 Å². The molecule has 6 nitrogen and oxygen atoms in total. The molecule has 0 spiro atoms. The van der Waals surface area contributed by atoms with E-state index in [1.165, 1.54) is 6.07 Å². The van der Waals surface area contributed by atoms with Crippen molar-refractivity contribution < 1.29 is 18.7 Å². The van der Waals surface area contributed by atoms with Crippen molar-refractivity contribution in [3.8, 4) is 0 Å². The Kier molecular flexibility index (Phi) is 7.61. The van der Waals surface area contributed by atoms with Gasteiger partial charge in [-0.1, -0.05) is 12.1 Å². The molecule has 9 heteroatoms. The lowest BCUT2D eigenvalue weighted by atomic mass is 10.2. The third-order valence-electron chi connectivity index (χ3n) is 5.30. The number of hydrogen-bond donors (Lipinski definition) is 0. The van der Waals surface area contributed by atoms with E-state index in [0.717, 1.165) is 21.3 Å². The van der Waals surface area contributed by atoms with Gasteiger partial charge in [-0.3, -0.25) is 4.79 Å². The molecule has 33 heavy (non-hydrogen) atoms. The minimum absolute atomic E-state index is 0.248. The molecule has 0 saturated carbocycles. The van der Waals surface area contributed by atoms with Crippen molar-refractivity contribution in [2.24, 2.45) is 0 Å². The quantitative estimate of drug-likeness (QED) is 0.365. The van der Waals surface area contributed by atoms with E-state index < -0.39 is 5.97 Å². The first kappa shape index (κ1) is 23.3. The van der Waals surface area contributed by atoms with Crippen LogP contribution in [0.2, 0.25) is 0 Å². The van der Waals surface area contributed by atoms with E-state index in [0.29, 0.717) is 37.4 Å². The number of para-hydroxylation sites is 1. The second-order valence-electron chi connectivity index (χ2n) is 7.57. The molecule has 2 heterocycles. The number of aromatic nitrogens is 1. The van der Waals surface area contributed by atoms with E-state index in [9.17, 15) is 14.0 Å². The summed E-state index contributed by atoms with van der Waals surface area (Å²) in [5.74, 6) is -0.275. The van der Waals surface area contributed by atoms with Crippen molar-refractivity contribution in [2.75, 3.05) is 37.7 Å². The molecule has 0 aliphatic carbocycles. The van der Waals surface area contributed by atoms with Gasteiger partial charge >= 0.3 is 5.97 Å². The topological polar surface area (TPSA) is 62.7 Å². The fourth-order valence-corrected chi connectivity index (χ4v) is 5.03. The maximum atomic E-state index is 14.0. The zero-order valence-electron chi connectivity index (χ0n) is 18.2. The van der Waals surface area contributed by atoms with Crippen LogP contribution in [0.1, 0.15) is 21.1 Å². The molecule has 1 aromatic heterocycles. The Balaban J connectivity index is 1.21. The lowest BCUT2D eigenvalue weighted by molar-refractivity contribution is -0.134. The number of amides is 1.